The molecule has 0 saturated heterocycles. The zero-order valence-electron chi connectivity index (χ0n) is 10.3. The number of carbonyl (C=O) groups is 1. The summed E-state index contributed by atoms with van der Waals surface area (Å²) in [7, 11) is 0. The third-order valence-corrected chi connectivity index (χ3v) is 2.78. The topological polar surface area (TPSA) is 80.6 Å². The smallest absolute Gasteiger partial charge is 0.545 e. The predicted molar refractivity (Wildman–Crippen MR) is 57.3 cm³/mol. The largest absolute Gasteiger partial charge is 1.00 e. The molecule has 0 bridgehead atoms. The van der Waals surface area contributed by atoms with Crippen molar-refractivity contribution in [3.05, 3.63) is 23.3 Å². The van der Waals surface area contributed by atoms with E-state index in [2.05, 4.69) is 6.92 Å². The first-order valence-corrected chi connectivity index (χ1v) is 5.56. The molecule has 17 heavy (non-hydrogen) atoms. The van der Waals surface area contributed by atoms with Gasteiger partial charge in [-0.3, -0.25) is 0 Å². The van der Waals surface area contributed by atoms with E-state index in [4.69, 9.17) is 0 Å². The van der Waals surface area contributed by atoms with Gasteiger partial charge in [-0.2, -0.15) is 0 Å². The summed E-state index contributed by atoms with van der Waals surface area (Å²) in [4.78, 5) is 10.6. The molecule has 4 nitrogen and oxygen atoms in total. The number of carboxylic acid groups (broad SMARTS) is 1. The van der Waals surface area contributed by atoms with Crippen LogP contribution in [0.5, 0.6) is 0 Å². The maximum Gasteiger partial charge on any atom is 1.00 e. The number of hydrogen-bond acceptors (Lipinski definition) is 4. The first-order chi connectivity index (χ1) is 7.57. The normalized spacial score (nSPS) is 23.5. The number of unbranched alkanes of at least 4 members (excludes halogenated alkanes) is 2. The fraction of sp³-hybridized carbons (Fsp3) is 0.583. The molecule has 1 rings (SSSR count). The Morgan fingerprint density at radius 3 is 2.47 bits per heavy atom. The van der Waals surface area contributed by atoms with Crippen LogP contribution in [0.15, 0.2) is 23.3 Å². The molecule has 0 saturated carbocycles. The van der Waals surface area contributed by atoms with Gasteiger partial charge in [0, 0.05) is 5.57 Å². The monoisotopic (exact) mass is 264 g/mol. The Morgan fingerprint density at radius 1 is 1.29 bits per heavy atom. The number of allylic oxidation sites excluding steroid dienone is 2. The first-order valence-electron chi connectivity index (χ1n) is 5.56. The van der Waals surface area contributed by atoms with Crippen molar-refractivity contribution in [3.8, 4) is 0 Å². The van der Waals surface area contributed by atoms with Gasteiger partial charge >= 0.3 is 51.4 Å². The quantitative estimate of drug-likeness (QED) is 0.407. The van der Waals surface area contributed by atoms with Crippen molar-refractivity contribution in [1.82, 2.24) is 0 Å². The number of aliphatic carboxylic acids is 1. The molecule has 0 amide bonds. The van der Waals surface area contributed by atoms with E-state index in [0.717, 1.165) is 19.3 Å². The number of aliphatic hydroxyl groups is 2. The fourth-order valence-electron chi connectivity index (χ4n) is 1.77. The molecule has 0 aromatic carbocycles. The minimum absolute atomic E-state index is 0. The molecular weight excluding hydrogens is 247 g/mol. The maximum atomic E-state index is 10.6. The molecule has 0 aliphatic heterocycles. The van der Waals surface area contributed by atoms with Crippen LogP contribution in [0.1, 0.15) is 32.6 Å². The average molecular weight is 264 g/mol. The van der Waals surface area contributed by atoms with Gasteiger partial charge in [-0.15, -0.1) is 0 Å². The number of rotatable bonds is 5. The van der Waals surface area contributed by atoms with Gasteiger partial charge in [0.15, 0.2) is 0 Å². The van der Waals surface area contributed by atoms with Crippen molar-refractivity contribution >= 4 is 5.97 Å². The second kappa shape index (κ2) is 8.58. The van der Waals surface area contributed by atoms with E-state index >= 15 is 0 Å². The molecule has 0 aromatic rings. The summed E-state index contributed by atoms with van der Waals surface area (Å²) in [6, 6.07) is 0. The van der Waals surface area contributed by atoms with Crippen molar-refractivity contribution in [2.75, 3.05) is 0 Å². The van der Waals surface area contributed by atoms with E-state index in [1.54, 1.807) is 6.08 Å². The van der Waals surface area contributed by atoms with Gasteiger partial charge < -0.3 is 20.1 Å². The predicted octanol–water partition coefficient (Wildman–Crippen LogP) is -3.09. The molecule has 2 unspecified atom stereocenters. The van der Waals surface area contributed by atoms with Gasteiger partial charge in [-0.1, -0.05) is 31.9 Å². The van der Waals surface area contributed by atoms with E-state index in [1.165, 1.54) is 6.08 Å². The van der Waals surface area contributed by atoms with Crippen LogP contribution in [0.25, 0.3) is 0 Å². The molecule has 90 valence electrons. The summed E-state index contributed by atoms with van der Waals surface area (Å²) in [5, 5.41) is 29.9. The van der Waals surface area contributed by atoms with Crippen LogP contribution in [0, 0.1) is 0 Å². The molecule has 0 fully saturated rings. The molecule has 2 atom stereocenters. The molecule has 0 radical (unpaired) electrons. The Bertz CT molecular complexity index is 322. The SMILES string of the molecule is CCCCCC1=CC=C(C(=O)[O-])C(O)C1O.[K+]. The van der Waals surface area contributed by atoms with Crippen LogP contribution in [-0.2, 0) is 4.79 Å². The molecule has 2 N–H and O–H groups in total. The third-order valence-electron chi connectivity index (χ3n) is 2.78. The van der Waals surface area contributed by atoms with Crippen LogP contribution in [0.4, 0.5) is 0 Å². The summed E-state index contributed by atoms with van der Waals surface area (Å²) in [5.41, 5.74) is 0.428. The van der Waals surface area contributed by atoms with Gasteiger partial charge in [0.05, 0.1) is 5.97 Å². The Kier molecular flexibility index (Phi) is 8.84. The van der Waals surface area contributed by atoms with Gasteiger partial charge in [0.25, 0.3) is 0 Å². The number of carbonyl (C=O) groups excluding carboxylic acids is 1. The number of carboxylic acids is 1. The molecule has 0 heterocycles. The van der Waals surface area contributed by atoms with Gasteiger partial charge in [0.2, 0.25) is 0 Å². The second-order valence-electron chi connectivity index (χ2n) is 4.00. The Labute approximate surface area is 144 Å². The van der Waals surface area contributed by atoms with Gasteiger partial charge in [-0.25, -0.2) is 0 Å². The van der Waals surface area contributed by atoms with Crippen molar-refractivity contribution in [2.24, 2.45) is 0 Å². The summed E-state index contributed by atoms with van der Waals surface area (Å²) < 4.78 is 0. The zero-order valence-corrected chi connectivity index (χ0v) is 13.5. The first kappa shape index (κ1) is 17.5. The van der Waals surface area contributed by atoms with Crippen LogP contribution in [0.2, 0.25) is 0 Å². The van der Waals surface area contributed by atoms with Crippen LogP contribution in [-0.4, -0.2) is 28.4 Å². The molecule has 0 aromatic heterocycles. The summed E-state index contributed by atoms with van der Waals surface area (Å²) in [5.74, 6) is -1.43. The molecule has 1 aliphatic carbocycles. The van der Waals surface area contributed by atoms with E-state index in [9.17, 15) is 20.1 Å². The average Bonchev–Trinajstić information content (AvgIpc) is 2.24. The van der Waals surface area contributed by atoms with E-state index in [0.29, 0.717) is 12.0 Å². The molecular formula is C12H17KO4. The Balaban J connectivity index is 0.00000256. The number of hydrogen-bond donors (Lipinski definition) is 2. The standard InChI is InChI=1S/C12H18O4.K/c1-2-3-4-5-8-6-7-9(12(15)16)11(14)10(8)13;/h6-7,10-11,13-14H,2-5H2,1H3,(H,15,16);/q;+1/p-1. The van der Waals surface area contributed by atoms with Gasteiger partial charge in [0.1, 0.15) is 12.2 Å². The second-order valence-corrected chi connectivity index (χ2v) is 4.00. The summed E-state index contributed by atoms with van der Waals surface area (Å²) >= 11 is 0. The van der Waals surface area contributed by atoms with Crippen molar-refractivity contribution in [1.29, 1.82) is 0 Å². The minimum Gasteiger partial charge on any atom is -0.545 e. The van der Waals surface area contributed by atoms with Crippen LogP contribution >= 0.6 is 0 Å². The zero-order chi connectivity index (χ0) is 12.1. The molecule has 5 heteroatoms. The maximum absolute atomic E-state index is 10.6. The minimum atomic E-state index is -1.43. The molecule has 1 aliphatic rings. The Morgan fingerprint density at radius 2 is 1.94 bits per heavy atom. The van der Waals surface area contributed by atoms with Gasteiger partial charge in [-0.05, 0) is 18.4 Å². The van der Waals surface area contributed by atoms with E-state index in [1.807, 2.05) is 0 Å². The van der Waals surface area contributed by atoms with Crippen LogP contribution in [0.3, 0.4) is 0 Å². The number of aliphatic hydroxyl groups excluding tert-OH is 2. The van der Waals surface area contributed by atoms with Crippen molar-refractivity contribution < 1.29 is 71.5 Å². The Hall–Kier alpha value is 0.506. The summed E-state index contributed by atoms with van der Waals surface area (Å²) in [6.45, 7) is 2.08. The third kappa shape index (κ3) is 4.94. The van der Waals surface area contributed by atoms with E-state index < -0.39 is 18.2 Å². The van der Waals surface area contributed by atoms with E-state index in [-0.39, 0.29) is 57.0 Å². The fourth-order valence-corrected chi connectivity index (χ4v) is 1.77. The van der Waals surface area contributed by atoms with Crippen molar-refractivity contribution in [2.45, 2.75) is 44.8 Å². The molecule has 0 spiro atoms. The summed E-state index contributed by atoms with van der Waals surface area (Å²) in [6.07, 6.45) is 4.14. The van der Waals surface area contributed by atoms with Crippen molar-refractivity contribution in [3.63, 3.8) is 0 Å². The van der Waals surface area contributed by atoms with Crippen LogP contribution < -0.4 is 56.5 Å².